The molecule has 2 rings (SSSR count). The molecule has 0 fully saturated rings. The van der Waals surface area contributed by atoms with Crippen molar-refractivity contribution in [2.24, 2.45) is 7.05 Å². The van der Waals surface area contributed by atoms with Crippen molar-refractivity contribution in [3.8, 4) is 0 Å². The Morgan fingerprint density at radius 1 is 1.28 bits per heavy atom. The fraction of sp³-hybridized carbons (Fsp3) is 0.357. The maximum Gasteiger partial charge on any atom is 0.274 e. The third-order valence-electron chi connectivity index (χ3n) is 3.26. The van der Waals surface area contributed by atoms with Crippen molar-refractivity contribution < 1.29 is 0 Å². The molecule has 0 amide bonds. The van der Waals surface area contributed by atoms with Crippen LogP contribution in [0.2, 0.25) is 0 Å². The van der Waals surface area contributed by atoms with Gasteiger partial charge in [-0.25, -0.2) is 0 Å². The lowest BCUT2D eigenvalue weighted by molar-refractivity contribution is 0.414. The lowest BCUT2D eigenvalue weighted by Crippen LogP contribution is -2.24. The predicted molar refractivity (Wildman–Crippen MR) is 75.9 cm³/mol. The largest absolute Gasteiger partial charge is 0.394 e. The van der Waals surface area contributed by atoms with Gasteiger partial charge in [0.2, 0.25) is 0 Å². The zero-order valence-corrected chi connectivity index (χ0v) is 11.1. The van der Waals surface area contributed by atoms with Crippen LogP contribution in [0, 0.1) is 0 Å². The zero-order valence-electron chi connectivity index (χ0n) is 11.1. The van der Waals surface area contributed by atoms with E-state index in [4.69, 9.17) is 5.73 Å². The number of nitrogens with zero attached hydrogens (tertiary/aromatic N) is 2. The van der Waals surface area contributed by atoms with Crippen molar-refractivity contribution in [2.75, 3.05) is 26.4 Å². The Kier molecular flexibility index (Phi) is 3.39. The summed E-state index contributed by atoms with van der Waals surface area (Å²) in [6.07, 6.45) is 0.787. The molecular formula is C14H19N3O. The second-order valence-electron chi connectivity index (χ2n) is 4.83. The molecule has 0 atom stereocenters. The van der Waals surface area contributed by atoms with Crippen molar-refractivity contribution in [1.29, 1.82) is 0 Å². The summed E-state index contributed by atoms with van der Waals surface area (Å²) in [5.74, 6) is 0. The fourth-order valence-corrected chi connectivity index (χ4v) is 2.19. The summed E-state index contributed by atoms with van der Waals surface area (Å²) in [6, 6.07) is 7.89. The molecule has 96 valence electrons. The average molecular weight is 245 g/mol. The van der Waals surface area contributed by atoms with E-state index in [0.717, 1.165) is 29.4 Å². The molecular weight excluding hydrogens is 226 g/mol. The number of likely N-dealkylation sites (N-methyl/N-ethyl adjacent to an activating group) is 1. The normalized spacial score (nSPS) is 11.3. The minimum atomic E-state index is -0.109. The Hall–Kier alpha value is -1.81. The van der Waals surface area contributed by atoms with Gasteiger partial charge in [0.1, 0.15) is 5.69 Å². The van der Waals surface area contributed by atoms with Gasteiger partial charge >= 0.3 is 0 Å². The van der Waals surface area contributed by atoms with Gasteiger partial charge in [0.25, 0.3) is 5.56 Å². The first-order chi connectivity index (χ1) is 8.52. The van der Waals surface area contributed by atoms with Crippen molar-refractivity contribution in [2.45, 2.75) is 6.42 Å². The topological polar surface area (TPSA) is 51.3 Å². The molecule has 1 aromatic carbocycles. The van der Waals surface area contributed by atoms with Crippen LogP contribution < -0.4 is 11.3 Å². The van der Waals surface area contributed by atoms with Crippen LogP contribution in [-0.2, 0) is 13.5 Å². The Morgan fingerprint density at radius 3 is 2.61 bits per heavy atom. The second kappa shape index (κ2) is 4.82. The van der Waals surface area contributed by atoms with Crippen LogP contribution in [0.5, 0.6) is 0 Å². The number of anilines is 1. The molecule has 0 aliphatic rings. The van der Waals surface area contributed by atoms with Crippen LogP contribution in [0.15, 0.2) is 29.1 Å². The number of fused-ring (bicyclic) bond motifs is 1. The number of hydrogen-bond donors (Lipinski definition) is 1. The highest BCUT2D eigenvalue weighted by Crippen LogP contribution is 2.21. The fourth-order valence-electron chi connectivity index (χ4n) is 2.19. The van der Waals surface area contributed by atoms with E-state index in [1.54, 1.807) is 11.6 Å². The SMILES string of the molecule is CN(C)CCc1c(N)c(=O)n(C)c2ccccc12. The Balaban J connectivity index is 2.67. The molecule has 18 heavy (non-hydrogen) atoms. The summed E-state index contributed by atoms with van der Waals surface area (Å²) in [6.45, 7) is 0.876. The maximum atomic E-state index is 12.1. The minimum absolute atomic E-state index is 0.109. The van der Waals surface area contributed by atoms with Crippen molar-refractivity contribution in [3.05, 3.63) is 40.2 Å². The molecule has 4 heteroatoms. The van der Waals surface area contributed by atoms with E-state index in [9.17, 15) is 4.79 Å². The summed E-state index contributed by atoms with van der Waals surface area (Å²) in [5.41, 5.74) is 8.14. The number of aromatic nitrogens is 1. The Labute approximate surface area is 107 Å². The highest BCUT2D eigenvalue weighted by atomic mass is 16.1. The van der Waals surface area contributed by atoms with Crippen LogP contribution in [-0.4, -0.2) is 30.1 Å². The van der Waals surface area contributed by atoms with Crippen LogP contribution in [0.4, 0.5) is 5.69 Å². The molecule has 1 heterocycles. The summed E-state index contributed by atoms with van der Waals surface area (Å²) in [4.78, 5) is 14.2. The Bertz CT molecular complexity index is 629. The van der Waals surface area contributed by atoms with Gasteiger partial charge in [-0.1, -0.05) is 18.2 Å². The van der Waals surface area contributed by atoms with E-state index in [1.807, 2.05) is 38.4 Å². The molecule has 0 bridgehead atoms. The van der Waals surface area contributed by atoms with Gasteiger partial charge in [-0.2, -0.15) is 0 Å². The number of nitrogens with two attached hydrogens (primary N) is 1. The van der Waals surface area contributed by atoms with Gasteiger partial charge < -0.3 is 15.2 Å². The van der Waals surface area contributed by atoms with Gasteiger partial charge in [0.05, 0.1) is 5.52 Å². The first-order valence-electron chi connectivity index (χ1n) is 6.03. The van der Waals surface area contributed by atoms with Gasteiger partial charge in [-0.15, -0.1) is 0 Å². The number of benzene rings is 1. The van der Waals surface area contributed by atoms with Crippen molar-refractivity contribution >= 4 is 16.6 Å². The molecule has 0 aliphatic heterocycles. The Morgan fingerprint density at radius 2 is 1.94 bits per heavy atom. The number of hydrogen-bond acceptors (Lipinski definition) is 3. The van der Waals surface area contributed by atoms with Gasteiger partial charge in [0, 0.05) is 19.0 Å². The lowest BCUT2D eigenvalue weighted by Gasteiger charge is -2.15. The van der Waals surface area contributed by atoms with E-state index in [1.165, 1.54) is 0 Å². The molecule has 0 saturated carbocycles. The molecule has 0 spiro atoms. The molecule has 0 aliphatic carbocycles. The molecule has 4 nitrogen and oxygen atoms in total. The third-order valence-corrected chi connectivity index (χ3v) is 3.26. The number of para-hydroxylation sites is 1. The van der Waals surface area contributed by atoms with Crippen LogP contribution in [0.3, 0.4) is 0 Å². The highest BCUT2D eigenvalue weighted by Gasteiger charge is 2.12. The summed E-state index contributed by atoms with van der Waals surface area (Å²) in [7, 11) is 5.79. The molecule has 0 saturated heterocycles. The summed E-state index contributed by atoms with van der Waals surface area (Å²) >= 11 is 0. The van der Waals surface area contributed by atoms with Gasteiger partial charge in [-0.3, -0.25) is 4.79 Å². The van der Waals surface area contributed by atoms with E-state index in [0.29, 0.717) is 5.69 Å². The predicted octanol–water partition coefficient (Wildman–Crippen LogP) is 1.22. The molecule has 0 radical (unpaired) electrons. The first-order valence-corrected chi connectivity index (χ1v) is 6.03. The smallest absolute Gasteiger partial charge is 0.274 e. The van der Waals surface area contributed by atoms with Crippen LogP contribution >= 0.6 is 0 Å². The van der Waals surface area contributed by atoms with Crippen molar-refractivity contribution in [3.63, 3.8) is 0 Å². The van der Waals surface area contributed by atoms with E-state index < -0.39 is 0 Å². The standard InChI is InChI=1S/C14H19N3O/c1-16(2)9-8-11-10-6-4-5-7-12(10)17(3)14(18)13(11)15/h4-7H,8-9,15H2,1-3H3. The van der Waals surface area contributed by atoms with E-state index >= 15 is 0 Å². The van der Waals surface area contributed by atoms with Gasteiger partial charge in [0.15, 0.2) is 0 Å². The number of rotatable bonds is 3. The number of aryl methyl sites for hydroxylation is 1. The number of nitrogen functional groups attached to an aromatic ring is 1. The first kappa shape index (κ1) is 12.6. The monoisotopic (exact) mass is 245 g/mol. The average Bonchev–Trinajstić information content (AvgIpc) is 2.36. The molecule has 2 aromatic rings. The van der Waals surface area contributed by atoms with E-state index in [2.05, 4.69) is 4.90 Å². The van der Waals surface area contributed by atoms with Crippen LogP contribution in [0.25, 0.3) is 10.9 Å². The summed E-state index contributed by atoms with van der Waals surface area (Å²) in [5, 5.41) is 1.07. The molecule has 2 N–H and O–H groups in total. The summed E-state index contributed by atoms with van der Waals surface area (Å²) < 4.78 is 1.61. The lowest BCUT2D eigenvalue weighted by atomic mass is 10.0. The van der Waals surface area contributed by atoms with Crippen molar-refractivity contribution in [1.82, 2.24) is 9.47 Å². The maximum absolute atomic E-state index is 12.1. The second-order valence-corrected chi connectivity index (χ2v) is 4.83. The van der Waals surface area contributed by atoms with Gasteiger partial charge in [-0.05, 0) is 32.1 Å². The van der Waals surface area contributed by atoms with E-state index in [-0.39, 0.29) is 5.56 Å². The minimum Gasteiger partial charge on any atom is -0.394 e. The quantitative estimate of drug-likeness (QED) is 0.884. The molecule has 0 unspecified atom stereocenters. The highest BCUT2D eigenvalue weighted by molar-refractivity contribution is 5.86. The third kappa shape index (κ3) is 2.11. The zero-order chi connectivity index (χ0) is 13.3. The van der Waals surface area contributed by atoms with Crippen LogP contribution in [0.1, 0.15) is 5.56 Å². The number of pyridine rings is 1. The molecule has 1 aromatic heterocycles.